The van der Waals surface area contributed by atoms with E-state index in [0.717, 1.165) is 5.56 Å². The number of hydrogen-bond acceptors (Lipinski definition) is 4. The van der Waals surface area contributed by atoms with E-state index in [2.05, 4.69) is 5.32 Å². The minimum Gasteiger partial charge on any atom is -0.497 e. The SMILES string of the molecule is COc1ccc(OC)c(NC(=O)CCN(Cc2ccccc2)C(C)=O)c1. The molecule has 2 amide bonds. The van der Waals surface area contributed by atoms with Gasteiger partial charge in [0, 0.05) is 32.5 Å². The highest BCUT2D eigenvalue weighted by Crippen LogP contribution is 2.28. The maximum Gasteiger partial charge on any atom is 0.226 e. The molecule has 2 aromatic carbocycles. The Morgan fingerprint density at radius 3 is 2.38 bits per heavy atom. The minimum absolute atomic E-state index is 0.0689. The molecule has 6 nitrogen and oxygen atoms in total. The molecule has 0 spiro atoms. The number of methoxy groups -OCH3 is 2. The van der Waals surface area contributed by atoms with Gasteiger partial charge in [-0.1, -0.05) is 30.3 Å². The first-order chi connectivity index (χ1) is 12.5. The van der Waals surface area contributed by atoms with Crippen molar-refractivity contribution in [1.82, 2.24) is 4.90 Å². The number of nitrogens with one attached hydrogen (secondary N) is 1. The molecule has 0 fully saturated rings. The summed E-state index contributed by atoms with van der Waals surface area (Å²) in [5.74, 6) is 0.902. The number of amides is 2. The summed E-state index contributed by atoms with van der Waals surface area (Å²) in [6.07, 6.45) is 0.187. The largest absolute Gasteiger partial charge is 0.497 e. The lowest BCUT2D eigenvalue weighted by Gasteiger charge is -2.21. The van der Waals surface area contributed by atoms with Crippen LogP contribution in [0.2, 0.25) is 0 Å². The number of ether oxygens (including phenoxy) is 2. The third kappa shape index (κ3) is 5.51. The van der Waals surface area contributed by atoms with Crippen LogP contribution in [0.5, 0.6) is 11.5 Å². The van der Waals surface area contributed by atoms with Crippen LogP contribution in [0.25, 0.3) is 0 Å². The molecule has 0 unspecified atom stereocenters. The molecule has 0 atom stereocenters. The predicted octanol–water partition coefficient (Wildman–Crippen LogP) is 3.08. The molecule has 2 rings (SSSR count). The Kier molecular flexibility index (Phi) is 7.02. The molecule has 1 N–H and O–H groups in total. The average molecular weight is 356 g/mol. The van der Waals surface area contributed by atoms with Crippen LogP contribution in [0.15, 0.2) is 48.5 Å². The van der Waals surface area contributed by atoms with E-state index in [1.54, 1.807) is 30.2 Å². The van der Waals surface area contributed by atoms with E-state index in [1.165, 1.54) is 14.0 Å². The van der Waals surface area contributed by atoms with Gasteiger partial charge in [-0.3, -0.25) is 9.59 Å². The summed E-state index contributed by atoms with van der Waals surface area (Å²) in [4.78, 5) is 25.8. The first kappa shape index (κ1) is 19.3. The van der Waals surface area contributed by atoms with E-state index in [1.807, 2.05) is 30.3 Å². The monoisotopic (exact) mass is 356 g/mol. The molecule has 0 aromatic heterocycles. The van der Waals surface area contributed by atoms with Crippen LogP contribution in [-0.2, 0) is 16.1 Å². The van der Waals surface area contributed by atoms with E-state index in [9.17, 15) is 9.59 Å². The molecule has 0 aliphatic heterocycles. The Morgan fingerprint density at radius 1 is 1.04 bits per heavy atom. The Labute approximate surface area is 153 Å². The number of benzene rings is 2. The van der Waals surface area contributed by atoms with Crippen LogP contribution < -0.4 is 14.8 Å². The number of carbonyl (C=O) groups is 2. The highest BCUT2D eigenvalue weighted by molar-refractivity contribution is 5.93. The molecule has 138 valence electrons. The zero-order valence-corrected chi connectivity index (χ0v) is 15.3. The standard InChI is InChI=1S/C20H24N2O4/c1-15(23)22(14-16-7-5-4-6-8-16)12-11-20(24)21-18-13-17(25-2)9-10-19(18)26-3/h4-10,13H,11-12,14H2,1-3H3,(H,21,24). The van der Waals surface area contributed by atoms with E-state index < -0.39 is 0 Å². The third-order valence-electron chi connectivity index (χ3n) is 3.95. The van der Waals surface area contributed by atoms with Gasteiger partial charge in [-0.15, -0.1) is 0 Å². The van der Waals surface area contributed by atoms with E-state index in [4.69, 9.17) is 9.47 Å². The predicted molar refractivity (Wildman–Crippen MR) is 100 cm³/mol. The molecule has 0 saturated carbocycles. The Morgan fingerprint density at radius 2 is 1.77 bits per heavy atom. The second-order valence-electron chi connectivity index (χ2n) is 5.79. The second-order valence-corrected chi connectivity index (χ2v) is 5.79. The van der Waals surface area contributed by atoms with Gasteiger partial charge in [0.05, 0.1) is 19.9 Å². The second kappa shape index (κ2) is 9.46. The smallest absolute Gasteiger partial charge is 0.226 e. The van der Waals surface area contributed by atoms with Crippen molar-refractivity contribution in [2.45, 2.75) is 19.9 Å². The van der Waals surface area contributed by atoms with Crippen LogP contribution in [0.1, 0.15) is 18.9 Å². The fraction of sp³-hybridized carbons (Fsp3) is 0.300. The molecule has 0 aliphatic rings. The molecule has 26 heavy (non-hydrogen) atoms. The molecule has 0 saturated heterocycles. The summed E-state index contributed by atoms with van der Waals surface area (Å²) in [6.45, 7) is 2.32. The molecule has 0 heterocycles. The van der Waals surface area contributed by atoms with Gasteiger partial charge in [0.15, 0.2) is 0 Å². The minimum atomic E-state index is -0.198. The van der Waals surface area contributed by atoms with Crippen molar-refractivity contribution in [3.63, 3.8) is 0 Å². The summed E-state index contributed by atoms with van der Waals surface area (Å²) in [5, 5.41) is 2.81. The average Bonchev–Trinajstić information content (AvgIpc) is 2.65. The van der Waals surface area contributed by atoms with Crippen molar-refractivity contribution < 1.29 is 19.1 Å². The van der Waals surface area contributed by atoms with Gasteiger partial charge in [-0.2, -0.15) is 0 Å². The van der Waals surface area contributed by atoms with Gasteiger partial charge in [0.25, 0.3) is 0 Å². The lowest BCUT2D eigenvalue weighted by molar-refractivity contribution is -0.129. The third-order valence-corrected chi connectivity index (χ3v) is 3.95. The van der Waals surface area contributed by atoms with Crippen molar-refractivity contribution in [1.29, 1.82) is 0 Å². The van der Waals surface area contributed by atoms with E-state index in [0.29, 0.717) is 30.3 Å². The van der Waals surface area contributed by atoms with Crippen molar-refractivity contribution in [3.8, 4) is 11.5 Å². The number of rotatable bonds is 8. The maximum absolute atomic E-state index is 12.3. The van der Waals surface area contributed by atoms with Crippen molar-refractivity contribution >= 4 is 17.5 Å². The van der Waals surface area contributed by atoms with Crippen LogP contribution in [0.3, 0.4) is 0 Å². The van der Waals surface area contributed by atoms with Crippen LogP contribution in [-0.4, -0.2) is 37.5 Å². The van der Waals surface area contributed by atoms with Crippen LogP contribution in [0.4, 0.5) is 5.69 Å². The van der Waals surface area contributed by atoms with Gasteiger partial charge >= 0.3 is 0 Å². The van der Waals surface area contributed by atoms with Gasteiger partial charge in [-0.05, 0) is 17.7 Å². The summed E-state index contributed by atoms with van der Waals surface area (Å²) in [6, 6.07) is 14.9. The van der Waals surface area contributed by atoms with Crippen LogP contribution >= 0.6 is 0 Å². The highest BCUT2D eigenvalue weighted by Gasteiger charge is 2.14. The fourth-order valence-electron chi connectivity index (χ4n) is 2.51. The van der Waals surface area contributed by atoms with Gasteiger partial charge in [-0.25, -0.2) is 0 Å². The first-order valence-corrected chi connectivity index (χ1v) is 8.34. The summed E-state index contributed by atoms with van der Waals surface area (Å²) in [5.41, 5.74) is 1.56. The normalized spacial score (nSPS) is 10.1. The zero-order chi connectivity index (χ0) is 18.9. The fourth-order valence-corrected chi connectivity index (χ4v) is 2.51. The van der Waals surface area contributed by atoms with E-state index in [-0.39, 0.29) is 18.2 Å². The zero-order valence-electron chi connectivity index (χ0n) is 15.3. The number of carbonyl (C=O) groups excluding carboxylic acids is 2. The van der Waals surface area contributed by atoms with Crippen molar-refractivity contribution in [2.24, 2.45) is 0 Å². The number of nitrogens with zero attached hydrogens (tertiary/aromatic N) is 1. The number of anilines is 1. The van der Waals surface area contributed by atoms with Crippen molar-refractivity contribution in [2.75, 3.05) is 26.1 Å². The molecule has 2 aromatic rings. The van der Waals surface area contributed by atoms with Gasteiger partial charge in [0.1, 0.15) is 11.5 Å². The van der Waals surface area contributed by atoms with Crippen molar-refractivity contribution in [3.05, 3.63) is 54.1 Å². The molecule has 0 radical (unpaired) electrons. The quantitative estimate of drug-likeness (QED) is 0.789. The highest BCUT2D eigenvalue weighted by atomic mass is 16.5. The van der Waals surface area contributed by atoms with E-state index >= 15 is 0 Å². The number of hydrogen-bond donors (Lipinski definition) is 1. The molecule has 0 aliphatic carbocycles. The Bertz CT molecular complexity index is 747. The van der Waals surface area contributed by atoms with Gasteiger partial charge < -0.3 is 19.7 Å². The lowest BCUT2D eigenvalue weighted by Crippen LogP contribution is -2.31. The summed E-state index contributed by atoms with van der Waals surface area (Å²) in [7, 11) is 3.09. The maximum atomic E-state index is 12.3. The molecular formula is C20H24N2O4. The Balaban J connectivity index is 1.97. The summed E-state index contributed by atoms with van der Waals surface area (Å²) < 4.78 is 10.4. The summed E-state index contributed by atoms with van der Waals surface area (Å²) >= 11 is 0. The van der Waals surface area contributed by atoms with Crippen LogP contribution in [0, 0.1) is 0 Å². The first-order valence-electron chi connectivity index (χ1n) is 8.34. The Hall–Kier alpha value is -3.02. The van der Waals surface area contributed by atoms with Gasteiger partial charge in [0.2, 0.25) is 11.8 Å². The molecule has 6 heteroatoms. The topological polar surface area (TPSA) is 67.9 Å². The molecule has 0 bridgehead atoms. The molecular weight excluding hydrogens is 332 g/mol. The lowest BCUT2D eigenvalue weighted by atomic mass is 10.2.